The van der Waals surface area contributed by atoms with Crippen molar-refractivity contribution >= 4 is 0 Å². The van der Waals surface area contributed by atoms with E-state index in [9.17, 15) is 0 Å². The summed E-state index contributed by atoms with van der Waals surface area (Å²) in [6, 6.07) is 0. The van der Waals surface area contributed by atoms with Gasteiger partial charge in [-0.25, -0.2) is 0 Å². The second kappa shape index (κ2) is 1750. The Balaban J connectivity index is 0. The largest absolute Gasteiger partial charge is 0.412 e. The second-order valence-corrected chi connectivity index (χ2v) is 0. The minimum atomic E-state index is 0. The van der Waals surface area contributed by atoms with E-state index < -0.39 is 0 Å². The van der Waals surface area contributed by atoms with Crippen LogP contribution in [0.4, 0.5) is 0 Å². The Bertz CT molecular complexity index is 18.4. The number of rotatable bonds is 0. The normalized spacial score (nSPS) is 0. The summed E-state index contributed by atoms with van der Waals surface area (Å²) in [4.78, 5) is 0. The monoisotopic (exact) mass is 1280 g/mol. The third-order valence-electron chi connectivity index (χ3n) is 0. The zero-order valence-electron chi connectivity index (χ0n) is 13.0. The van der Waals surface area contributed by atoms with Crippen LogP contribution in [0.5, 0.6) is 0 Å². The van der Waals surface area contributed by atoms with E-state index in [1.54, 1.807) is 0 Å². The summed E-state index contributed by atoms with van der Waals surface area (Å²) in [6.07, 6.45) is 0. The van der Waals surface area contributed by atoms with Crippen molar-refractivity contribution in [2.45, 2.75) is 0 Å². The molecule has 0 fully saturated rings. The Morgan fingerprint density at radius 3 is 0.0769 bits per heavy atom. The molecule has 188 valence electrons. The maximum Gasteiger partial charge on any atom is 0 e. The van der Waals surface area contributed by atoms with Crippen LogP contribution in [-0.4, -0.2) is 115 Å². The van der Waals surface area contributed by atoms with Gasteiger partial charge in [0.05, 0.1) is 0 Å². The fraction of sp³-hybridized carbons (Fsp3) is 0. The quantitative estimate of drug-likeness (QED) is 0.204. The van der Waals surface area contributed by atoms with E-state index in [1.165, 1.54) is 0 Å². The van der Waals surface area contributed by atoms with E-state index in [0.29, 0.717) is 0 Å². The van der Waals surface area contributed by atoms with Crippen molar-refractivity contribution in [1.82, 2.24) is 0 Å². The van der Waals surface area contributed by atoms with Crippen LogP contribution in [0.15, 0.2) is 0 Å². The van der Waals surface area contributed by atoms with Gasteiger partial charge >= 0.3 is 0 Å². The van der Waals surface area contributed by atoms with Gasteiger partial charge in [0, 0.05) is 129 Å². The molecule has 0 heterocycles. The van der Waals surface area contributed by atoms with Crippen LogP contribution in [0.3, 0.4) is 0 Å². The maximum absolute atomic E-state index is 0. The summed E-state index contributed by atoms with van der Waals surface area (Å²) in [5.74, 6) is 0. The van der Waals surface area contributed by atoms with E-state index >= 15 is 0 Å². The smallest absolute Gasteiger partial charge is 0 e. The molecule has 0 aliphatic heterocycles. The van der Waals surface area contributed by atoms with Gasteiger partial charge in [-0.05, 0) is 0 Å². The molecular weight excluding hydrogens is 1230 g/mol. The van der Waals surface area contributed by atoms with Crippen molar-refractivity contribution < 1.29 is 244 Å². The first-order valence-electron chi connectivity index (χ1n) is 0. The van der Waals surface area contributed by atoms with Crippen LogP contribution in [0, 0.1) is 0 Å². The van der Waals surface area contributed by atoms with Crippen molar-refractivity contribution in [2.75, 3.05) is 0 Å². The van der Waals surface area contributed by atoms with Crippen LogP contribution < -0.4 is 0 Å². The molecule has 0 aliphatic carbocycles. The number of hydrogen-bond donors (Lipinski definition) is 0. The minimum Gasteiger partial charge on any atom is -0.412 e. The summed E-state index contributed by atoms with van der Waals surface area (Å²) in [5, 5.41) is 0. The van der Waals surface area contributed by atoms with Crippen molar-refractivity contribution in [3.05, 3.63) is 0 Å². The third-order valence-corrected chi connectivity index (χ3v) is 0. The second-order valence-electron chi connectivity index (χ2n) is 0. The Labute approximate surface area is 241 Å². The van der Waals surface area contributed by atoms with Crippen LogP contribution >= 0.6 is 0 Å². The third kappa shape index (κ3) is 1570. The van der Waals surface area contributed by atoms with Gasteiger partial charge in [0.1, 0.15) is 0 Å². The molecule has 0 aromatic carbocycles. The average Bonchev–Trinajstić information content (AvgIpc) is 0. The van der Waals surface area contributed by atoms with Crippen molar-refractivity contribution in [2.24, 2.45) is 0 Å². The van der Waals surface area contributed by atoms with Gasteiger partial charge in [-0.3, -0.25) is 0 Å². The van der Waals surface area contributed by atoms with Crippen LogP contribution in [0.2, 0.25) is 0 Å². The van der Waals surface area contributed by atoms with Crippen LogP contribution in [0.1, 0.15) is 0 Å². The minimum absolute atomic E-state index is 0. The molecule has 0 amide bonds. The Morgan fingerprint density at radius 2 is 0.0769 bits per heavy atom. The molecular formula is H42Hf5O21. The first-order valence-corrected chi connectivity index (χ1v) is 0. The van der Waals surface area contributed by atoms with E-state index in [4.69, 9.17) is 0 Å². The zero-order chi connectivity index (χ0) is 0. The molecule has 26 heteroatoms. The molecule has 0 bridgehead atoms. The molecule has 26 heavy (non-hydrogen) atoms. The molecule has 42 N–H and O–H groups in total. The van der Waals surface area contributed by atoms with Crippen molar-refractivity contribution in [1.29, 1.82) is 0 Å². The molecule has 0 aromatic rings. The van der Waals surface area contributed by atoms with Crippen molar-refractivity contribution in [3.63, 3.8) is 0 Å². The average molecular weight is 1270 g/mol. The molecule has 0 rings (SSSR count). The Kier molecular flexibility index (Phi) is 131000. The topological polar surface area (TPSA) is 662 Å². The molecule has 0 unspecified atom stereocenters. The Morgan fingerprint density at radius 1 is 0.0769 bits per heavy atom. The van der Waals surface area contributed by atoms with Gasteiger partial charge in [-0.15, -0.1) is 0 Å². The molecule has 0 aliphatic rings. The van der Waals surface area contributed by atoms with E-state index in [0.717, 1.165) is 0 Å². The van der Waals surface area contributed by atoms with Gasteiger partial charge in [-0.2, -0.15) is 0 Å². The summed E-state index contributed by atoms with van der Waals surface area (Å²) >= 11 is 0. The fourth-order valence-electron chi connectivity index (χ4n) is 0. The molecule has 0 saturated carbocycles. The predicted octanol–water partition coefficient (Wildman–Crippen LogP) is -17.3. The summed E-state index contributed by atoms with van der Waals surface area (Å²) in [7, 11) is 0. The van der Waals surface area contributed by atoms with E-state index in [-0.39, 0.29) is 244 Å². The molecule has 0 radical (unpaired) electrons. The van der Waals surface area contributed by atoms with Crippen molar-refractivity contribution in [3.8, 4) is 0 Å². The summed E-state index contributed by atoms with van der Waals surface area (Å²) in [6.45, 7) is 0. The van der Waals surface area contributed by atoms with Gasteiger partial charge in [0.25, 0.3) is 0 Å². The predicted molar refractivity (Wildman–Crippen MR) is 75.9 cm³/mol. The van der Waals surface area contributed by atoms with Crippen LogP contribution in [-0.2, 0) is 129 Å². The molecule has 0 spiro atoms. The molecule has 0 saturated heterocycles. The van der Waals surface area contributed by atoms with Gasteiger partial charge in [0.2, 0.25) is 0 Å². The SMILES string of the molecule is O.O.O.O.O.O.O.O.O.O.O.O.O.O.O.O.O.O.O.O.O.[Hf].[Hf].[Hf].[Hf].[Hf]. The maximum atomic E-state index is 0. The van der Waals surface area contributed by atoms with Gasteiger partial charge in [-0.1, -0.05) is 0 Å². The first-order chi connectivity index (χ1) is 0. The fourth-order valence-corrected chi connectivity index (χ4v) is 0. The first kappa shape index (κ1) is 1950. The molecule has 0 aromatic heterocycles. The Hall–Kier alpha value is 3.51. The van der Waals surface area contributed by atoms with Crippen LogP contribution in [0.25, 0.3) is 0 Å². The van der Waals surface area contributed by atoms with Gasteiger partial charge in [0.15, 0.2) is 0 Å². The van der Waals surface area contributed by atoms with E-state index in [1.807, 2.05) is 0 Å². The molecule has 0 atom stereocenters. The summed E-state index contributed by atoms with van der Waals surface area (Å²) in [5.41, 5.74) is 0. The molecule has 21 nitrogen and oxygen atoms in total. The zero-order valence-corrected chi connectivity index (χ0v) is 31.0. The summed E-state index contributed by atoms with van der Waals surface area (Å²) < 4.78 is 0. The van der Waals surface area contributed by atoms with E-state index in [2.05, 4.69) is 0 Å². The van der Waals surface area contributed by atoms with Gasteiger partial charge < -0.3 is 115 Å². The number of hydrogen-bond acceptors (Lipinski definition) is 0. The standard InChI is InChI=1S/5Hf.21H2O/h;;;;;21*1H2.